The standard InChI is InChI=1S/C17H20O2.2C2H6/c1-18-16-10-6-14(7-11-16)4-3-5-15-8-12-17(19-2)13-9-15;2*1-2/h6-13H,3-5H2,1-2H3;2*1-2H3. The minimum Gasteiger partial charge on any atom is -0.497 e. The summed E-state index contributed by atoms with van der Waals surface area (Å²) in [6.07, 6.45) is 3.34. The Kier molecular flexibility index (Phi) is 12.5. The molecule has 128 valence electrons. The van der Waals surface area contributed by atoms with Crippen LogP contribution < -0.4 is 9.47 Å². The predicted molar refractivity (Wildman–Crippen MR) is 101 cm³/mol. The van der Waals surface area contributed by atoms with Crippen LogP contribution in [0.5, 0.6) is 11.5 Å². The van der Waals surface area contributed by atoms with Crippen LogP contribution in [0.25, 0.3) is 0 Å². The van der Waals surface area contributed by atoms with Gasteiger partial charge in [-0.05, 0) is 54.7 Å². The van der Waals surface area contributed by atoms with Gasteiger partial charge in [0.2, 0.25) is 0 Å². The van der Waals surface area contributed by atoms with Gasteiger partial charge in [-0.2, -0.15) is 0 Å². The molecule has 0 heterocycles. The van der Waals surface area contributed by atoms with Crippen molar-refractivity contribution in [1.29, 1.82) is 0 Å². The third-order valence-electron chi connectivity index (χ3n) is 3.25. The first-order valence-corrected chi connectivity index (χ1v) is 8.57. The summed E-state index contributed by atoms with van der Waals surface area (Å²) in [7, 11) is 3.39. The minimum absolute atomic E-state index is 0.916. The van der Waals surface area contributed by atoms with Crippen LogP contribution in [0.3, 0.4) is 0 Å². The molecule has 0 saturated heterocycles. The predicted octanol–water partition coefficient (Wildman–Crippen LogP) is 5.93. The number of ether oxygens (including phenoxy) is 2. The summed E-state index contributed by atoms with van der Waals surface area (Å²) in [4.78, 5) is 0. The van der Waals surface area contributed by atoms with Gasteiger partial charge in [0.1, 0.15) is 11.5 Å². The van der Waals surface area contributed by atoms with Gasteiger partial charge < -0.3 is 9.47 Å². The normalized spacial score (nSPS) is 8.96. The summed E-state index contributed by atoms with van der Waals surface area (Å²) >= 11 is 0. The van der Waals surface area contributed by atoms with Crippen LogP contribution in [0.1, 0.15) is 45.2 Å². The molecule has 0 saturated carbocycles. The molecule has 0 N–H and O–H groups in total. The van der Waals surface area contributed by atoms with Crippen LogP contribution in [0, 0.1) is 0 Å². The molecule has 2 heteroatoms. The number of hydrogen-bond donors (Lipinski definition) is 0. The Labute approximate surface area is 142 Å². The topological polar surface area (TPSA) is 18.5 Å². The number of rotatable bonds is 6. The van der Waals surface area contributed by atoms with Crippen molar-refractivity contribution in [2.24, 2.45) is 0 Å². The van der Waals surface area contributed by atoms with E-state index in [-0.39, 0.29) is 0 Å². The summed E-state index contributed by atoms with van der Waals surface area (Å²) in [5, 5.41) is 0. The first-order valence-electron chi connectivity index (χ1n) is 8.57. The van der Waals surface area contributed by atoms with Crippen molar-refractivity contribution in [2.45, 2.75) is 47.0 Å². The van der Waals surface area contributed by atoms with Gasteiger partial charge in [-0.3, -0.25) is 0 Å². The highest BCUT2D eigenvalue weighted by Gasteiger charge is 1.97. The fraction of sp³-hybridized carbons (Fsp3) is 0.429. The van der Waals surface area contributed by atoms with Crippen LogP contribution in [0.15, 0.2) is 48.5 Å². The third kappa shape index (κ3) is 8.29. The summed E-state index contributed by atoms with van der Waals surface area (Å²) in [5.74, 6) is 1.83. The maximum Gasteiger partial charge on any atom is 0.118 e. The molecule has 0 aliphatic carbocycles. The lowest BCUT2D eigenvalue weighted by atomic mass is 10.0. The molecule has 0 bridgehead atoms. The lowest BCUT2D eigenvalue weighted by Gasteiger charge is -2.05. The quantitative estimate of drug-likeness (QED) is 0.657. The van der Waals surface area contributed by atoms with E-state index in [2.05, 4.69) is 24.3 Å². The fourth-order valence-corrected chi connectivity index (χ4v) is 2.08. The zero-order valence-corrected chi connectivity index (χ0v) is 15.6. The van der Waals surface area contributed by atoms with Gasteiger partial charge >= 0.3 is 0 Å². The maximum absolute atomic E-state index is 5.15. The highest BCUT2D eigenvalue weighted by molar-refractivity contribution is 5.28. The smallest absolute Gasteiger partial charge is 0.118 e. The fourth-order valence-electron chi connectivity index (χ4n) is 2.08. The van der Waals surface area contributed by atoms with Crippen molar-refractivity contribution in [3.63, 3.8) is 0 Å². The maximum atomic E-state index is 5.15. The second-order valence-corrected chi connectivity index (χ2v) is 4.55. The molecule has 0 atom stereocenters. The molecule has 0 radical (unpaired) electrons. The second kappa shape index (κ2) is 13.7. The van der Waals surface area contributed by atoms with E-state index in [0.717, 1.165) is 30.8 Å². The zero-order chi connectivity index (χ0) is 17.5. The molecule has 0 unspecified atom stereocenters. The zero-order valence-electron chi connectivity index (χ0n) is 15.6. The molecule has 2 rings (SSSR count). The molecule has 23 heavy (non-hydrogen) atoms. The SMILES string of the molecule is CC.CC.COc1ccc(CCCc2ccc(OC)cc2)cc1. The van der Waals surface area contributed by atoms with Crippen molar-refractivity contribution in [3.8, 4) is 11.5 Å². The summed E-state index contributed by atoms with van der Waals surface area (Å²) in [6.45, 7) is 8.00. The number of methoxy groups -OCH3 is 2. The largest absolute Gasteiger partial charge is 0.497 e. The van der Waals surface area contributed by atoms with E-state index in [0.29, 0.717) is 0 Å². The lowest BCUT2D eigenvalue weighted by molar-refractivity contribution is 0.414. The van der Waals surface area contributed by atoms with E-state index >= 15 is 0 Å². The Morgan fingerprint density at radius 1 is 0.565 bits per heavy atom. The van der Waals surface area contributed by atoms with E-state index in [9.17, 15) is 0 Å². The van der Waals surface area contributed by atoms with Gasteiger partial charge in [0, 0.05) is 0 Å². The van der Waals surface area contributed by atoms with Gasteiger partial charge in [-0.15, -0.1) is 0 Å². The first kappa shape index (κ1) is 21.0. The molecule has 0 spiro atoms. The lowest BCUT2D eigenvalue weighted by Crippen LogP contribution is -1.91. The molecule has 0 amide bonds. The Morgan fingerprint density at radius 3 is 1.13 bits per heavy atom. The van der Waals surface area contributed by atoms with Crippen LogP contribution in [0.4, 0.5) is 0 Å². The Bertz CT molecular complexity index is 439. The minimum atomic E-state index is 0.916. The number of hydrogen-bond acceptors (Lipinski definition) is 2. The van der Waals surface area contributed by atoms with Gasteiger partial charge in [0.25, 0.3) is 0 Å². The second-order valence-electron chi connectivity index (χ2n) is 4.55. The number of benzene rings is 2. The first-order chi connectivity index (χ1) is 11.3. The van der Waals surface area contributed by atoms with Crippen molar-refractivity contribution in [3.05, 3.63) is 59.7 Å². The Hall–Kier alpha value is -1.96. The van der Waals surface area contributed by atoms with Crippen molar-refractivity contribution < 1.29 is 9.47 Å². The molecule has 0 fully saturated rings. The summed E-state index contributed by atoms with van der Waals surface area (Å²) in [5.41, 5.74) is 2.71. The van der Waals surface area contributed by atoms with Crippen LogP contribution >= 0.6 is 0 Å². The van der Waals surface area contributed by atoms with E-state index < -0.39 is 0 Å². The van der Waals surface area contributed by atoms with E-state index in [1.54, 1.807) is 14.2 Å². The molecule has 0 aliphatic rings. The summed E-state index contributed by atoms with van der Waals surface area (Å²) < 4.78 is 10.3. The highest BCUT2D eigenvalue weighted by atomic mass is 16.5. The van der Waals surface area contributed by atoms with Crippen LogP contribution in [-0.2, 0) is 12.8 Å². The van der Waals surface area contributed by atoms with Gasteiger partial charge in [-0.25, -0.2) is 0 Å². The third-order valence-corrected chi connectivity index (χ3v) is 3.25. The Morgan fingerprint density at radius 2 is 0.870 bits per heavy atom. The van der Waals surface area contributed by atoms with E-state index in [1.807, 2.05) is 52.0 Å². The van der Waals surface area contributed by atoms with Gasteiger partial charge in [0.05, 0.1) is 14.2 Å². The highest BCUT2D eigenvalue weighted by Crippen LogP contribution is 2.15. The Balaban J connectivity index is 0.00000112. The average Bonchev–Trinajstić information content (AvgIpc) is 2.66. The van der Waals surface area contributed by atoms with Gasteiger partial charge in [0.15, 0.2) is 0 Å². The molecule has 2 nitrogen and oxygen atoms in total. The molecule has 0 aliphatic heterocycles. The van der Waals surface area contributed by atoms with E-state index in [4.69, 9.17) is 9.47 Å². The average molecular weight is 316 g/mol. The molecule has 0 aromatic heterocycles. The number of aryl methyl sites for hydroxylation is 2. The van der Waals surface area contributed by atoms with Crippen molar-refractivity contribution in [2.75, 3.05) is 14.2 Å². The van der Waals surface area contributed by atoms with Crippen molar-refractivity contribution in [1.82, 2.24) is 0 Å². The molecular weight excluding hydrogens is 284 g/mol. The van der Waals surface area contributed by atoms with Crippen LogP contribution in [-0.4, -0.2) is 14.2 Å². The van der Waals surface area contributed by atoms with Crippen LogP contribution in [0.2, 0.25) is 0 Å². The van der Waals surface area contributed by atoms with Crippen molar-refractivity contribution >= 4 is 0 Å². The molecule has 2 aromatic carbocycles. The van der Waals surface area contributed by atoms with E-state index in [1.165, 1.54) is 11.1 Å². The molecular formula is C21H32O2. The monoisotopic (exact) mass is 316 g/mol. The molecule has 2 aromatic rings. The summed E-state index contributed by atoms with van der Waals surface area (Å²) in [6, 6.07) is 16.6. The van der Waals surface area contributed by atoms with Gasteiger partial charge in [-0.1, -0.05) is 52.0 Å².